The number of amides is 5. The summed E-state index contributed by atoms with van der Waals surface area (Å²) in [4.78, 5) is 95.0. The molecule has 0 aromatic heterocycles. The number of benzene rings is 3. The van der Waals surface area contributed by atoms with Gasteiger partial charge >= 0.3 is 5.97 Å². The molecule has 4 atom stereocenters. The number of Topliss-reactive ketones (excluding diaryl/α,β-unsaturated/α-hetero) is 1. The maximum absolute atomic E-state index is 14.3. The third kappa shape index (κ3) is 14.6. The fraction of sp³-hybridized carbons (Fsp3) is 0.479. The number of hydrogen-bond donors (Lipinski definition) is 5. The molecule has 332 valence electrons. The summed E-state index contributed by atoms with van der Waals surface area (Å²) in [6.07, 6.45) is 7.31. The van der Waals surface area contributed by atoms with Crippen LogP contribution in [0.15, 0.2) is 78.9 Å². The lowest BCUT2D eigenvalue weighted by Gasteiger charge is -2.31. The SMILES string of the molecule is CCCC(NC(=O)C1Cc2cccc(c2)Oc2ccc(cc2)CCCCC(=O)NC(C2CCCCC2)C(=O)N1)C(=O)C(=O)NCC(=O)NC(C(=O)OC(C)(C)C)c1ccccc1. The molecule has 0 radical (unpaired) electrons. The second-order valence-corrected chi connectivity index (χ2v) is 17.2. The van der Waals surface area contributed by atoms with Gasteiger partial charge in [-0.15, -0.1) is 0 Å². The molecule has 4 unspecified atom stereocenters. The number of esters is 1. The van der Waals surface area contributed by atoms with Crippen molar-refractivity contribution in [3.8, 4) is 11.5 Å². The van der Waals surface area contributed by atoms with Crippen molar-refractivity contribution in [1.29, 1.82) is 0 Å². The lowest BCUT2D eigenvalue weighted by atomic mass is 9.83. The van der Waals surface area contributed by atoms with Gasteiger partial charge in [-0.1, -0.05) is 87.2 Å². The van der Waals surface area contributed by atoms with Crippen LogP contribution in [0.4, 0.5) is 0 Å². The second kappa shape index (κ2) is 22.7. The number of aryl methyl sites for hydroxylation is 1. The van der Waals surface area contributed by atoms with Crippen LogP contribution >= 0.6 is 0 Å². The number of carbonyl (C=O) groups excluding carboxylic acids is 7. The Balaban J connectivity index is 1.33. The summed E-state index contributed by atoms with van der Waals surface area (Å²) in [6.45, 7) is 6.25. The molecular formula is C48H61N5O9. The number of nitrogens with one attached hydrogen (secondary N) is 5. The molecule has 62 heavy (non-hydrogen) atoms. The average molecular weight is 852 g/mol. The van der Waals surface area contributed by atoms with Gasteiger partial charge in [-0.3, -0.25) is 28.8 Å². The van der Waals surface area contributed by atoms with E-state index in [0.717, 1.165) is 50.5 Å². The standard InChI is InChI=1S/C48H61N5O9/c1-5-15-37(43(56)46(59)49-30-40(55)53-42(34-20-10-7-11-21-34)47(60)62-48(2,3)4)50-44(57)38-29-32-17-14-22-36(28-32)61-35-26-24-31(25-27-35)16-12-13-23-39(54)52-41(45(58)51-38)33-18-8-6-9-19-33/h7,10-11,14,17,20-22,24-28,33,37-38,41-42H,5-6,8-9,12-13,15-16,18-19,23,29-30H2,1-4H3,(H,49,59)(H,50,57)(H,51,58)(H,52,54)(H,53,55). The summed E-state index contributed by atoms with van der Waals surface area (Å²) in [5.74, 6) is -3.98. The molecule has 3 aliphatic rings. The van der Waals surface area contributed by atoms with Crippen LogP contribution in [0.1, 0.15) is 115 Å². The topological polar surface area (TPSA) is 198 Å². The van der Waals surface area contributed by atoms with Crippen molar-refractivity contribution in [3.05, 3.63) is 95.6 Å². The monoisotopic (exact) mass is 851 g/mol. The van der Waals surface area contributed by atoms with Gasteiger partial charge in [-0.05, 0) is 106 Å². The normalized spacial score (nSPS) is 18.8. The van der Waals surface area contributed by atoms with Crippen molar-refractivity contribution in [2.24, 2.45) is 5.92 Å². The van der Waals surface area contributed by atoms with E-state index < -0.39 is 71.7 Å². The van der Waals surface area contributed by atoms with Crippen molar-refractivity contribution >= 4 is 41.3 Å². The molecule has 3 aromatic carbocycles. The van der Waals surface area contributed by atoms with Crippen LogP contribution in [0.5, 0.6) is 11.5 Å². The van der Waals surface area contributed by atoms with Crippen LogP contribution in [0, 0.1) is 5.92 Å². The molecule has 2 aliphatic heterocycles. The number of hydrogen-bond acceptors (Lipinski definition) is 9. The summed E-state index contributed by atoms with van der Waals surface area (Å²) in [7, 11) is 0. The highest BCUT2D eigenvalue weighted by Crippen LogP contribution is 2.28. The van der Waals surface area contributed by atoms with Crippen LogP contribution in [-0.2, 0) is 51.1 Å². The van der Waals surface area contributed by atoms with Crippen LogP contribution in [0.3, 0.4) is 0 Å². The highest BCUT2D eigenvalue weighted by molar-refractivity contribution is 6.38. The summed E-state index contributed by atoms with van der Waals surface area (Å²) in [5, 5.41) is 13.5. The molecule has 5 N–H and O–H groups in total. The van der Waals surface area contributed by atoms with E-state index in [1.165, 1.54) is 0 Å². The minimum atomic E-state index is -1.30. The second-order valence-electron chi connectivity index (χ2n) is 17.2. The maximum atomic E-state index is 14.3. The molecule has 0 spiro atoms. The predicted molar refractivity (Wildman–Crippen MR) is 233 cm³/mol. The van der Waals surface area contributed by atoms with Gasteiger partial charge in [0, 0.05) is 12.8 Å². The lowest BCUT2D eigenvalue weighted by molar-refractivity contribution is -0.158. The van der Waals surface area contributed by atoms with Crippen molar-refractivity contribution in [3.63, 3.8) is 0 Å². The van der Waals surface area contributed by atoms with Gasteiger partial charge in [-0.25, -0.2) is 4.79 Å². The van der Waals surface area contributed by atoms with E-state index in [9.17, 15) is 33.6 Å². The molecule has 1 fully saturated rings. The largest absolute Gasteiger partial charge is 0.458 e. The van der Waals surface area contributed by atoms with E-state index in [0.29, 0.717) is 35.5 Å². The first-order chi connectivity index (χ1) is 29.7. The predicted octanol–water partition coefficient (Wildman–Crippen LogP) is 5.47. The number of carbonyl (C=O) groups is 7. The first-order valence-corrected chi connectivity index (χ1v) is 21.8. The molecular weight excluding hydrogens is 791 g/mol. The molecule has 0 saturated heterocycles. The van der Waals surface area contributed by atoms with Gasteiger partial charge in [0.25, 0.3) is 5.91 Å². The molecule has 6 rings (SSSR count). The zero-order valence-corrected chi connectivity index (χ0v) is 36.3. The van der Waals surface area contributed by atoms with Crippen LogP contribution < -0.4 is 31.3 Å². The Labute approximate surface area is 364 Å². The first-order valence-electron chi connectivity index (χ1n) is 21.8. The van der Waals surface area contributed by atoms with Crippen molar-refractivity contribution in [2.75, 3.05) is 6.54 Å². The van der Waals surface area contributed by atoms with Crippen molar-refractivity contribution in [2.45, 2.75) is 135 Å². The van der Waals surface area contributed by atoms with E-state index in [2.05, 4.69) is 26.6 Å². The Hall–Kier alpha value is -6.05. The smallest absolute Gasteiger partial charge is 0.333 e. The summed E-state index contributed by atoms with van der Waals surface area (Å²) < 4.78 is 11.7. The quantitative estimate of drug-likeness (QED) is 0.116. The number of ether oxygens (including phenoxy) is 2. The van der Waals surface area contributed by atoms with Gasteiger partial charge in [0.2, 0.25) is 29.4 Å². The third-order valence-corrected chi connectivity index (χ3v) is 10.9. The molecule has 14 nitrogen and oxygen atoms in total. The molecule has 5 amide bonds. The van der Waals surface area contributed by atoms with E-state index in [1.54, 1.807) is 82.3 Å². The van der Waals surface area contributed by atoms with Crippen molar-refractivity contribution in [1.82, 2.24) is 26.6 Å². The summed E-state index contributed by atoms with van der Waals surface area (Å²) >= 11 is 0. The Morgan fingerprint density at radius 1 is 0.790 bits per heavy atom. The lowest BCUT2D eigenvalue weighted by Crippen LogP contribution is -2.59. The van der Waals surface area contributed by atoms with E-state index in [-0.39, 0.29) is 31.1 Å². The van der Waals surface area contributed by atoms with Gasteiger partial charge in [0.1, 0.15) is 29.2 Å². The van der Waals surface area contributed by atoms with Gasteiger partial charge in [0.05, 0.1) is 12.6 Å². The molecule has 1 saturated carbocycles. The van der Waals surface area contributed by atoms with Crippen LogP contribution in [0.2, 0.25) is 0 Å². The zero-order chi connectivity index (χ0) is 44.6. The summed E-state index contributed by atoms with van der Waals surface area (Å²) in [5.41, 5.74) is 1.40. The van der Waals surface area contributed by atoms with Crippen LogP contribution in [-0.4, -0.2) is 71.6 Å². The Morgan fingerprint density at radius 3 is 2.19 bits per heavy atom. The summed E-state index contributed by atoms with van der Waals surface area (Å²) in [6, 6.07) is 18.8. The van der Waals surface area contributed by atoms with E-state index in [1.807, 2.05) is 24.3 Å². The van der Waals surface area contributed by atoms with Crippen molar-refractivity contribution < 1.29 is 43.0 Å². The molecule has 2 heterocycles. The maximum Gasteiger partial charge on any atom is 0.333 e. The third-order valence-electron chi connectivity index (χ3n) is 10.9. The Bertz CT molecular complexity index is 2030. The first kappa shape index (κ1) is 47.0. The fourth-order valence-corrected chi connectivity index (χ4v) is 7.76. The average Bonchev–Trinajstić information content (AvgIpc) is 3.25. The highest BCUT2D eigenvalue weighted by Gasteiger charge is 2.36. The Kier molecular flexibility index (Phi) is 17.2. The van der Waals surface area contributed by atoms with Gasteiger partial charge < -0.3 is 36.1 Å². The zero-order valence-electron chi connectivity index (χ0n) is 36.3. The van der Waals surface area contributed by atoms with E-state index in [4.69, 9.17) is 9.47 Å². The molecule has 4 bridgehead atoms. The van der Waals surface area contributed by atoms with E-state index >= 15 is 0 Å². The van der Waals surface area contributed by atoms with Gasteiger partial charge in [0.15, 0.2) is 6.04 Å². The van der Waals surface area contributed by atoms with Gasteiger partial charge in [-0.2, -0.15) is 0 Å². The molecule has 1 aliphatic carbocycles. The fourth-order valence-electron chi connectivity index (χ4n) is 7.76. The minimum absolute atomic E-state index is 0.00131. The highest BCUT2D eigenvalue weighted by atomic mass is 16.6. The minimum Gasteiger partial charge on any atom is -0.458 e. The number of ketones is 1. The number of fused-ring (bicyclic) bond motifs is 12. The Morgan fingerprint density at radius 2 is 1.50 bits per heavy atom. The molecule has 14 heteroatoms. The number of rotatable bonds is 12. The molecule has 3 aromatic rings. The van der Waals surface area contributed by atoms with Crippen LogP contribution in [0.25, 0.3) is 0 Å².